The molecule has 1 N–H and O–H groups in total. The van der Waals surface area contributed by atoms with Gasteiger partial charge in [-0.05, 0) is 12.1 Å². The maximum Gasteiger partial charge on any atom is 0.422 e. The SMILES string of the molecule is COc1ccc(OCC(F)(F)F)c(N2CCNCC2)c1. The second-order valence-corrected chi connectivity index (χ2v) is 4.47. The molecule has 1 aromatic carbocycles. The first-order chi connectivity index (χ1) is 9.49. The second kappa shape index (κ2) is 6.21. The number of nitrogens with one attached hydrogen (secondary N) is 1. The van der Waals surface area contributed by atoms with Crippen molar-refractivity contribution < 1.29 is 22.6 Å². The topological polar surface area (TPSA) is 33.7 Å². The van der Waals surface area contributed by atoms with Crippen LogP contribution in [-0.2, 0) is 0 Å². The fourth-order valence-corrected chi connectivity index (χ4v) is 2.06. The van der Waals surface area contributed by atoms with Crippen molar-refractivity contribution in [1.29, 1.82) is 0 Å². The van der Waals surface area contributed by atoms with Crippen molar-refractivity contribution >= 4 is 5.69 Å². The van der Waals surface area contributed by atoms with Crippen molar-refractivity contribution in [3.8, 4) is 11.5 Å². The minimum absolute atomic E-state index is 0.227. The van der Waals surface area contributed by atoms with Gasteiger partial charge < -0.3 is 19.7 Å². The predicted octanol–water partition coefficient (Wildman–Crippen LogP) is 2.05. The van der Waals surface area contributed by atoms with Gasteiger partial charge in [0.2, 0.25) is 0 Å². The van der Waals surface area contributed by atoms with Crippen molar-refractivity contribution in [2.45, 2.75) is 6.18 Å². The average molecular weight is 290 g/mol. The van der Waals surface area contributed by atoms with Crippen LogP contribution in [0, 0.1) is 0 Å². The van der Waals surface area contributed by atoms with Gasteiger partial charge in [0, 0.05) is 32.2 Å². The summed E-state index contributed by atoms with van der Waals surface area (Å²) in [7, 11) is 1.52. The van der Waals surface area contributed by atoms with Crippen LogP contribution in [-0.4, -0.2) is 46.1 Å². The molecule has 1 saturated heterocycles. The number of piperazine rings is 1. The minimum Gasteiger partial charge on any atom is -0.497 e. The van der Waals surface area contributed by atoms with Gasteiger partial charge in [0.15, 0.2) is 6.61 Å². The van der Waals surface area contributed by atoms with Gasteiger partial charge in [0.25, 0.3) is 0 Å². The lowest BCUT2D eigenvalue weighted by atomic mass is 10.2. The summed E-state index contributed by atoms with van der Waals surface area (Å²) in [6, 6.07) is 4.82. The summed E-state index contributed by atoms with van der Waals surface area (Å²) in [6.07, 6.45) is -4.35. The summed E-state index contributed by atoms with van der Waals surface area (Å²) < 4.78 is 46.9. The Bertz CT molecular complexity index is 446. The summed E-state index contributed by atoms with van der Waals surface area (Å²) in [5.41, 5.74) is 0.634. The highest BCUT2D eigenvalue weighted by Crippen LogP contribution is 2.33. The number of nitrogens with zero attached hydrogens (tertiary/aromatic N) is 1. The molecular weight excluding hydrogens is 273 g/mol. The van der Waals surface area contributed by atoms with E-state index in [0.717, 1.165) is 26.2 Å². The Morgan fingerprint density at radius 1 is 1.25 bits per heavy atom. The standard InChI is InChI=1S/C13H17F3N2O2/c1-19-10-2-3-12(20-9-13(14,15)16)11(8-10)18-6-4-17-5-7-18/h2-3,8,17H,4-7,9H2,1H3. The number of halogens is 3. The third-order valence-corrected chi connectivity index (χ3v) is 3.02. The molecular formula is C13H17F3N2O2. The summed E-state index contributed by atoms with van der Waals surface area (Å²) in [5, 5.41) is 3.20. The Balaban J connectivity index is 2.20. The summed E-state index contributed by atoms with van der Waals surface area (Å²) in [6.45, 7) is 1.72. The highest BCUT2D eigenvalue weighted by atomic mass is 19.4. The predicted molar refractivity (Wildman–Crippen MR) is 69.6 cm³/mol. The smallest absolute Gasteiger partial charge is 0.422 e. The van der Waals surface area contributed by atoms with Crippen LogP contribution in [0.15, 0.2) is 18.2 Å². The molecule has 0 atom stereocenters. The molecule has 0 spiro atoms. The van der Waals surface area contributed by atoms with Crippen LogP contribution < -0.4 is 19.7 Å². The van der Waals surface area contributed by atoms with E-state index in [4.69, 9.17) is 9.47 Å². The van der Waals surface area contributed by atoms with Crippen molar-refractivity contribution in [2.24, 2.45) is 0 Å². The minimum atomic E-state index is -4.35. The third kappa shape index (κ3) is 3.93. The molecule has 1 aromatic rings. The van der Waals surface area contributed by atoms with E-state index in [1.54, 1.807) is 12.1 Å². The number of ether oxygens (including phenoxy) is 2. The van der Waals surface area contributed by atoms with E-state index in [0.29, 0.717) is 11.4 Å². The van der Waals surface area contributed by atoms with Crippen LogP contribution in [0.1, 0.15) is 0 Å². The van der Waals surface area contributed by atoms with E-state index < -0.39 is 12.8 Å². The Labute approximate surface area is 115 Å². The normalized spacial score (nSPS) is 16.1. The van der Waals surface area contributed by atoms with Crippen molar-refractivity contribution in [1.82, 2.24) is 5.32 Å². The molecule has 0 saturated carbocycles. The second-order valence-electron chi connectivity index (χ2n) is 4.47. The molecule has 4 nitrogen and oxygen atoms in total. The molecule has 0 bridgehead atoms. The molecule has 1 aliphatic heterocycles. The maximum atomic E-state index is 12.3. The van der Waals surface area contributed by atoms with Gasteiger partial charge in [0.1, 0.15) is 11.5 Å². The van der Waals surface area contributed by atoms with Gasteiger partial charge in [0.05, 0.1) is 12.8 Å². The van der Waals surface area contributed by atoms with E-state index in [1.165, 1.54) is 13.2 Å². The van der Waals surface area contributed by atoms with Crippen molar-refractivity contribution in [2.75, 3.05) is 44.8 Å². The number of methoxy groups -OCH3 is 1. The zero-order chi connectivity index (χ0) is 14.6. The van der Waals surface area contributed by atoms with Crippen LogP contribution in [0.5, 0.6) is 11.5 Å². The Hall–Kier alpha value is -1.63. The van der Waals surface area contributed by atoms with Crippen LogP contribution in [0.4, 0.5) is 18.9 Å². The van der Waals surface area contributed by atoms with Gasteiger partial charge in [-0.25, -0.2) is 0 Å². The van der Waals surface area contributed by atoms with Crippen molar-refractivity contribution in [3.63, 3.8) is 0 Å². The maximum absolute atomic E-state index is 12.3. The lowest BCUT2D eigenvalue weighted by Gasteiger charge is -2.31. The zero-order valence-corrected chi connectivity index (χ0v) is 11.2. The van der Waals surface area contributed by atoms with Crippen molar-refractivity contribution in [3.05, 3.63) is 18.2 Å². The summed E-state index contributed by atoms with van der Waals surface area (Å²) in [5.74, 6) is 0.822. The van der Waals surface area contributed by atoms with Gasteiger partial charge in [-0.15, -0.1) is 0 Å². The Kier molecular flexibility index (Phi) is 4.59. The largest absolute Gasteiger partial charge is 0.497 e. The molecule has 0 unspecified atom stereocenters. The molecule has 1 aliphatic rings. The molecule has 0 aromatic heterocycles. The van der Waals surface area contributed by atoms with Crippen LogP contribution in [0.25, 0.3) is 0 Å². The van der Waals surface area contributed by atoms with E-state index >= 15 is 0 Å². The molecule has 112 valence electrons. The van der Waals surface area contributed by atoms with Gasteiger partial charge >= 0.3 is 6.18 Å². The molecule has 0 aliphatic carbocycles. The molecule has 1 heterocycles. The van der Waals surface area contributed by atoms with Crippen LogP contribution in [0.3, 0.4) is 0 Å². The van der Waals surface area contributed by atoms with Crippen LogP contribution in [0.2, 0.25) is 0 Å². The molecule has 2 rings (SSSR count). The lowest BCUT2D eigenvalue weighted by molar-refractivity contribution is -0.153. The Morgan fingerprint density at radius 3 is 2.55 bits per heavy atom. The lowest BCUT2D eigenvalue weighted by Crippen LogP contribution is -2.43. The number of rotatable bonds is 4. The number of anilines is 1. The molecule has 0 radical (unpaired) electrons. The number of alkyl halides is 3. The summed E-state index contributed by atoms with van der Waals surface area (Å²) >= 11 is 0. The average Bonchev–Trinajstić information content (AvgIpc) is 2.45. The molecule has 20 heavy (non-hydrogen) atoms. The number of hydrogen-bond acceptors (Lipinski definition) is 4. The number of benzene rings is 1. The van der Waals surface area contributed by atoms with E-state index in [-0.39, 0.29) is 5.75 Å². The molecule has 7 heteroatoms. The van der Waals surface area contributed by atoms with Gasteiger partial charge in [-0.2, -0.15) is 13.2 Å². The van der Waals surface area contributed by atoms with Gasteiger partial charge in [-0.3, -0.25) is 0 Å². The fourth-order valence-electron chi connectivity index (χ4n) is 2.06. The summed E-state index contributed by atoms with van der Waals surface area (Å²) in [4.78, 5) is 1.99. The first-order valence-corrected chi connectivity index (χ1v) is 6.33. The fraction of sp³-hybridized carbons (Fsp3) is 0.538. The highest BCUT2D eigenvalue weighted by molar-refractivity contribution is 5.62. The van der Waals surface area contributed by atoms with Gasteiger partial charge in [-0.1, -0.05) is 0 Å². The monoisotopic (exact) mass is 290 g/mol. The molecule has 0 amide bonds. The van der Waals surface area contributed by atoms with Crippen LogP contribution >= 0.6 is 0 Å². The first-order valence-electron chi connectivity index (χ1n) is 6.33. The van der Waals surface area contributed by atoms with E-state index in [2.05, 4.69) is 5.32 Å². The quantitative estimate of drug-likeness (QED) is 0.920. The van der Waals surface area contributed by atoms with E-state index in [1.807, 2.05) is 4.90 Å². The molecule has 1 fully saturated rings. The van der Waals surface area contributed by atoms with E-state index in [9.17, 15) is 13.2 Å². The third-order valence-electron chi connectivity index (χ3n) is 3.02. The first kappa shape index (κ1) is 14.8. The highest BCUT2D eigenvalue weighted by Gasteiger charge is 2.29. The number of hydrogen-bond donors (Lipinski definition) is 1. The Morgan fingerprint density at radius 2 is 1.95 bits per heavy atom. The zero-order valence-electron chi connectivity index (χ0n) is 11.2.